The van der Waals surface area contributed by atoms with Gasteiger partial charge in [-0.2, -0.15) is 0 Å². The SMILES string of the molecule is CC(=O)N1CCN(Cc2ccc(-c3cc(C)ccc3Cl)cc2)C[C@@H]1Cc1ccccc1. The quantitative estimate of drug-likeness (QED) is 0.524. The molecule has 3 aromatic carbocycles. The van der Waals surface area contributed by atoms with Gasteiger partial charge in [-0.3, -0.25) is 9.69 Å². The Kier molecular flexibility index (Phi) is 6.74. The van der Waals surface area contributed by atoms with Crippen LogP contribution in [0.2, 0.25) is 5.02 Å². The second-order valence-corrected chi connectivity index (χ2v) is 8.88. The summed E-state index contributed by atoms with van der Waals surface area (Å²) in [5, 5.41) is 0.780. The Morgan fingerprint density at radius 1 is 0.968 bits per heavy atom. The number of rotatable bonds is 5. The minimum Gasteiger partial charge on any atom is -0.337 e. The smallest absolute Gasteiger partial charge is 0.219 e. The first-order valence-corrected chi connectivity index (χ1v) is 11.3. The zero-order valence-electron chi connectivity index (χ0n) is 18.2. The molecule has 4 heteroatoms. The lowest BCUT2D eigenvalue weighted by Crippen LogP contribution is -2.55. The van der Waals surface area contributed by atoms with Crippen molar-refractivity contribution in [3.05, 3.63) is 94.5 Å². The summed E-state index contributed by atoms with van der Waals surface area (Å²) in [6.07, 6.45) is 0.891. The molecule has 0 spiro atoms. The maximum atomic E-state index is 12.2. The largest absolute Gasteiger partial charge is 0.337 e. The molecule has 3 aromatic rings. The lowest BCUT2D eigenvalue weighted by molar-refractivity contribution is -0.133. The highest BCUT2D eigenvalue weighted by Gasteiger charge is 2.28. The monoisotopic (exact) mass is 432 g/mol. The molecule has 0 saturated carbocycles. The molecule has 160 valence electrons. The molecule has 4 rings (SSSR count). The Hall–Kier alpha value is -2.62. The molecule has 0 bridgehead atoms. The summed E-state index contributed by atoms with van der Waals surface area (Å²) in [4.78, 5) is 16.7. The highest BCUT2D eigenvalue weighted by molar-refractivity contribution is 6.33. The van der Waals surface area contributed by atoms with E-state index < -0.39 is 0 Å². The number of benzene rings is 3. The van der Waals surface area contributed by atoms with Crippen LogP contribution < -0.4 is 0 Å². The lowest BCUT2D eigenvalue weighted by atomic mass is 10.0. The van der Waals surface area contributed by atoms with Crippen molar-refractivity contribution >= 4 is 17.5 Å². The zero-order chi connectivity index (χ0) is 21.8. The van der Waals surface area contributed by atoms with E-state index in [1.54, 1.807) is 6.92 Å². The topological polar surface area (TPSA) is 23.6 Å². The number of piperazine rings is 1. The molecule has 1 amide bonds. The van der Waals surface area contributed by atoms with Crippen LogP contribution in [-0.2, 0) is 17.8 Å². The maximum Gasteiger partial charge on any atom is 0.219 e. The van der Waals surface area contributed by atoms with E-state index in [9.17, 15) is 4.79 Å². The average Bonchev–Trinajstić information content (AvgIpc) is 2.77. The first kappa shape index (κ1) is 21.6. The molecule has 0 unspecified atom stereocenters. The number of halogens is 1. The van der Waals surface area contributed by atoms with E-state index in [0.717, 1.165) is 48.7 Å². The number of carbonyl (C=O) groups excluding carboxylic acids is 1. The Morgan fingerprint density at radius 2 is 1.71 bits per heavy atom. The van der Waals surface area contributed by atoms with Gasteiger partial charge in [-0.05, 0) is 42.2 Å². The fourth-order valence-corrected chi connectivity index (χ4v) is 4.67. The Morgan fingerprint density at radius 3 is 2.42 bits per heavy atom. The number of aryl methyl sites for hydroxylation is 1. The summed E-state index contributed by atoms with van der Waals surface area (Å²) >= 11 is 6.41. The van der Waals surface area contributed by atoms with Gasteiger partial charge >= 0.3 is 0 Å². The van der Waals surface area contributed by atoms with Crippen molar-refractivity contribution in [1.29, 1.82) is 0 Å². The third-order valence-corrected chi connectivity index (χ3v) is 6.41. The fourth-order valence-electron chi connectivity index (χ4n) is 4.45. The molecular formula is C27H29ClN2O. The Labute approximate surface area is 190 Å². The second-order valence-electron chi connectivity index (χ2n) is 8.47. The van der Waals surface area contributed by atoms with Gasteiger partial charge in [0.1, 0.15) is 0 Å². The second kappa shape index (κ2) is 9.67. The van der Waals surface area contributed by atoms with Crippen LogP contribution >= 0.6 is 11.6 Å². The number of hydrogen-bond acceptors (Lipinski definition) is 2. The standard InChI is InChI=1S/C27H29ClN2O/c1-20-8-13-27(28)26(16-20)24-11-9-23(10-12-24)18-29-14-15-30(21(2)31)25(19-29)17-22-6-4-3-5-7-22/h3-13,16,25H,14-15,17-19H2,1-2H3/t25-/m0/s1. The molecule has 1 aliphatic heterocycles. The lowest BCUT2D eigenvalue weighted by Gasteiger charge is -2.41. The first-order valence-electron chi connectivity index (χ1n) is 10.9. The number of nitrogens with zero attached hydrogens (tertiary/aromatic N) is 2. The Bertz CT molecular complexity index is 1030. The number of carbonyl (C=O) groups is 1. The van der Waals surface area contributed by atoms with E-state index in [1.165, 1.54) is 16.7 Å². The first-order chi connectivity index (χ1) is 15.0. The van der Waals surface area contributed by atoms with Gasteiger partial charge in [0.25, 0.3) is 0 Å². The van der Waals surface area contributed by atoms with E-state index in [4.69, 9.17) is 11.6 Å². The predicted octanol–water partition coefficient (Wildman–Crippen LogP) is 5.59. The van der Waals surface area contributed by atoms with Crippen molar-refractivity contribution < 1.29 is 4.79 Å². The van der Waals surface area contributed by atoms with Gasteiger partial charge in [0, 0.05) is 49.7 Å². The van der Waals surface area contributed by atoms with Crippen LogP contribution in [0.3, 0.4) is 0 Å². The predicted molar refractivity (Wildman–Crippen MR) is 128 cm³/mol. The summed E-state index contributed by atoms with van der Waals surface area (Å²) in [5.41, 5.74) is 5.98. The van der Waals surface area contributed by atoms with Crippen LogP contribution in [0, 0.1) is 6.92 Å². The van der Waals surface area contributed by atoms with Crippen molar-refractivity contribution in [1.82, 2.24) is 9.80 Å². The van der Waals surface area contributed by atoms with Gasteiger partial charge in [-0.15, -0.1) is 0 Å². The summed E-state index contributed by atoms with van der Waals surface area (Å²) in [7, 11) is 0. The minimum absolute atomic E-state index is 0.167. The van der Waals surface area contributed by atoms with Crippen molar-refractivity contribution in [3.63, 3.8) is 0 Å². The summed E-state index contributed by atoms with van der Waals surface area (Å²) in [5.74, 6) is 0.167. The highest BCUT2D eigenvalue weighted by Crippen LogP contribution is 2.29. The third-order valence-electron chi connectivity index (χ3n) is 6.08. The summed E-state index contributed by atoms with van der Waals surface area (Å²) in [6, 6.07) is 25.5. The van der Waals surface area contributed by atoms with E-state index in [1.807, 2.05) is 23.1 Å². The van der Waals surface area contributed by atoms with Gasteiger partial charge in [0.05, 0.1) is 0 Å². The van der Waals surface area contributed by atoms with Gasteiger partial charge in [-0.1, -0.05) is 77.8 Å². The summed E-state index contributed by atoms with van der Waals surface area (Å²) in [6.45, 7) is 7.22. The zero-order valence-corrected chi connectivity index (χ0v) is 19.0. The molecule has 1 aliphatic rings. The molecular weight excluding hydrogens is 404 g/mol. The van der Waals surface area contributed by atoms with Gasteiger partial charge in [-0.25, -0.2) is 0 Å². The molecule has 0 radical (unpaired) electrons. The van der Waals surface area contributed by atoms with E-state index in [-0.39, 0.29) is 11.9 Å². The molecule has 3 nitrogen and oxygen atoms in total. The molecule has 31 heavy (non-hydrogen) atoms. The van der Waals surface area contributed by atoms with Crippen LogP contribution in [0.1, 0.15) is 23.6 Å². The van der Waals surface area contributed by atoms with E-state index >= 15 is 0 Å². The number of hydrogen-bond donors (Lipinski definition) is 0. The van der Waals surface area contributed by atoms with E-state index in [2.05, 4.69) is 66.4 Å². The van der Waals surface area contributed by atoms with E-state index in [0.29, 0.717) is 0 Å². The van der Waals surface area contributed by atoms with Crippen LogP contribution in [0.25, 0.3) is 11.1 Å². The van der Waals surface area contributed by atoms with Crippen LogP contribution in [0.15, 0.2) is 72.8 Å². The van der Waals surface area contributed by atoms with Crippen LogP contribution in [-0.4, -0.2) is 41.4 Å². The van der Waals surface area contributed by atoms with Crippen molar-refractivity contribution in [3.8, 4) is 11.1 Å². The van der Waals surface area contributed by atoms with Crippen LogP contribution in [0.4, 0.5) is 0 Å². The Balaban J connectivity index is 1.45. The van der Waals surface area contributed by atoms with Crippen molar-refractivity contribution in [2.75, 3.05) is 19.6 Å². The highest BCUT2D eigenvalue weighted by atomic mass is 35.5. The maximum absolute atomic E-state index is 12.2. The molecule has 1 fully saturated rings. The minimum atomic E-state index is 0.167. The van der Waals surface area contributed by atoms with Crippen molar-refractivity contribution in [2.24, 2.45) is 0 Å². The average molecular weight is 433 g/mol. The molecule has 1 atom stereocenters. The van der Waals surface area contributed by atoms with Gasteiger partial charge in [0.15, 0.2) is 0 Å². The van der Waals surface area contributed by atoms with Crippen LogP contribution in [0.5, 0.6) is 0 Å². The molecule has 0 aliphatic carbocycles. The third kappa shape index (κ3) is 5.36. The normalized spacial score (nSPS) is 17.0. The van der Waals surface area contributed by atoms with Gasteiger partial charge < -0.3 is 4.90 Å². The molecule has 0 N–H and O–H groups in total. The van der Waals surface area contributed by atoms with Gasteiger partial charge in [0.2, 0.25) is 5.91 Å². The van der Waals surface area contributed by atoms with Crippen molar-refractivity contribution in [2.45, 2.75) is 32.9 Å². The molecule has 1 heterocycles. The number of amides is 1. The molecule has 0 aromatic heterocycles. The summed E-state index contributed by atoms with van der Waals surface area (Å²) < 4.78 is 0. The molecule has 1 saturated heterocycles. The fraction of sp³-hybridized carbons (Fsp3) is 0.296.